The maximum atomic E-state index is 14.2. The fourth-order valence-electron chi connectivity index (χ4n) is 5.64. The molecule has 3 heterocycles. The minimum atomic E-state index is -0.742. The monoisotopic (exact) mass is 529 g/mol. The molecule has 5 aromatic rings. The molecule has 0 unspecified atom stereocenters. The summed E-state index contributed by atoms with van der Waals surface area (Å²) in [5.74, 6) is 0.183. The Bertz CT molecular complexity index is 1610. The zero-order valence-corrected chi connectivity index (χ0v) is 21.5. The molecular weight excluding hydrogens is 497 g/mol. The molecule has 2 aromatic carbocycles. The summed E-state index contributed by atoms with van der Waals surface area (Å²) in [4.78, 5) is 8.82. The molecule has 1 aliphatic rings. The van der Waals surface area contributed by atoms with Crippen molar-refractivity contribution >= 4 is 27.8 Å². The Morgan fingerprint density at radius 2 is 1.90 bits per heavy atom. The van der Waals surface area contributed by atoms with Gasteiger partial charge in [0.25, 0.3) is 0 Å². The summed E-state index contributed by atoms with van der Waals surface area (Å²) < 4.78 is 18.3. The van der Waals surface area contributed by atoms with Crippen molar-refractivity contribution < 1.29 is 14.6 Å². The maximum Gasteiger partial charge on any atom is 0.164 e. The molecule has 0 amide bonds. The molecular formula is C29H32FN7O2. The predicted octanol–water partition coefficient (Wildman–Crippen LogP) is 3.64. The van der Waals surface area contributed by atoms with E-state index in [4.69, 9.17) is 15.9 Å². The number of nitrogen functional groups attached to an aromatic ring is 1. The van der Waals surface area contributed by atoms with Crippen molar-refractivity contribution in [3.05, 3.63) is 72.4 Å². The fraction of sp³-hybridized carbons (Fsp3) is 0.345. The number of nitrogens with one attached hydrogen (secondary N) is 1. The summed E-state index contributed by atoms with van der Waals surface area (Å²) in [6.45, 7) is 0.590. The number of nitrogens with two attached hydrogens (primary N) is 1. The van der Waals surface area contributed by atoms with Crippen molar-refractivity contribution in [2.75, 3.05) is 18.9 Å². The molecule has 1 aliphatic carbocycles. The lowest BCUT2D eigenvalue weighted by molar-refractivity contribution is 0.0895. The number of anilines is 1. The minimum absolute atomic E-state index is 0.168. The number of aliphatic hydroxyl groups excluding tert-OH is 2. The van der Waals surface area contributed by atoms with Crippen LogP contribution in [-0.4, -0.2) is 59.8 Å². The van der Waals surface area contributed by atoms with Crippen LogP contribution >= 0.6 is 0 Å². The molecule has 9 nitrogen and oxygen atoms in total. The largest absolute Gasteiger partial charge is 0.394 e. The molecule has 1 saturated carbocycles. The van der Waals surface area contributed by atoms with Gasteiger partial charge in [-0.1, -0.05) is 24.3 Å². The molecule has 1 atom stereocenters. The van der Waals surface area contributed by atoms with E-state index in [1.165, 1.54) is 12.4 Å². The van der Waals surface area contributed by atoms with Gasteiger partial charge in [-0.3, -0.25) is 0 Å². The number of benzene rings is 2. The molecule has 10 heteroatoms. The van der Waals surface area contributed by atoms with Gasteiger partial charge in [-0.25, -0.2) is 19.0 Å². The van der Waals surface area contributed by atoms with Gasteiger partial charge in [-0.05, 0) is 49.9 Å². The van der Waals surface area contributed by atoms with Crippen LogP contribution < -0.4 is 11.1 Å². The highest BCUT2D eigenvalue weighted by Gasteiger charge is 2.27. The molecule has 6 rings (SSSR count). The second kappa shape index (κ2) is 10.7. The van der Waals surface area contributed by atoms with Gasteiger partial charge in [0, 0.05) is 40.8 Å². The second-order valence-corrected chi connectivity index (χ2v) is 10.3. The number of hydrogen-bond donors (Lipinski definition) is 4. The van der Waals surface area contributed by atoms with Crippen LogP contribution in [0.25, 0.3) is 33.2 Å². The zero-order valence-electron chi connectivity index (χ0n) is 21.5. The van der Waals surface area contributed by atoms with Crippen LogP contribution in [0.3, 0.4) is 0 Å². The molecule has 0 bridgehead atoms. The summed E-state index contributed by atoms with van der Waals surface area (Å²) in [5, 5.41) is 28.9. The quantitative estimate of drug-likeness (QED) is 0.242. The van der Waals surface area contributed by atoms with E-state index in [-0.39, 0.29) is 18.5 Å². The van der Waals surface area contributed by atoms with E-state index in [2.05, 4.69) is 21.4 Å². The van der Waals surface area contributed by atoms with Crippen LogP contribution in [0, 0.1) is 5.82 Å². The van der Waals surface area contributed by atoms with E-state index < -0.39 is 6.10 Å². The van der Waals surface area contributed by atoms with Crippen molar-refractivity contribution in [2.45, 2.75) is 50.4 Å². The van der Waals surface area contributed by atoms with Crippen LogP contribution in [0.5, 0.6) is 0 Å². The standard InChI is InChI=1S/C29H32FN7O2/c30-24-4-2-1-3-20(24)15-36-12-11-18-13-19(5-10-25(18)36)27-26-28(31)33-17-34-29(26)37(35-27)22-8-6-21(7-9-22)32-14-23(39)16-38/h1-5,10-13,17,21-23,32,38-39H,6-9,14-16H2,(H2,31,33,34)/t21?,22?,23-/m1/s1. The lowest BCUT2D eigenvalue weighted by Gasteiger charge is -2.30. The number of hydrogen-bond acceptors (Lipinski definition) is 7. The lowest BCUT2D eigenvalue weighted by atomic mass is 9.91. The third-order valence-electron chi connectivity index (χ3n) is 7.76. The average molecular weight is 530 g/mol. The average Bonchev–Trinajstić information content (AvgIpc) is 3.55. The van der Waals surface area contributed by atoms with Gasteiger partial charge < -0.3 is 25.8 Å². The van der Waals surface area contributed by atoms with Gasteiger partial charge in [0.15, 0.2) is 5.65 Å². The van der Waals surface area contributed by atoms with Crippen LogP contribution in [0.4, 0.5) is 10.2 Å². The number of aliphatic hydroxyl groups is 2. The Hall–Kier alpha value is -3.86. The number of rotatable bonds is 8. The Morgan fingerprint density at radius 1 is 1.08 bits per heavy atom. The minimum Gasteiger partial charge on any atom is -0.394 e. The van der Waals surface area contributed by atoms with E-state index >= 15 is 0 Å². The first kappa shape index (κ1) is 25.4. The number of aromatic nitrogens is 5. The Morgan fingerprint density at radius 3 is 2.69 bits per heavy atom. The molecule has 0 radical (unpaired) electrons. The van der Waals surface area contributed by atoms with Crippen molar-refractivity contribution in [1.82, 2.24) is 29.6 Å². The number of nitrogens with zero attached hydrogens (tertiary/aromatic N) is 5. The first-order chi connectivity index (χ1) is 19.0. The van der Waals surface area contributed by atoms with Crippen molar-refractivity contribution in [3.63, 3.8) is 0 Å². The Kier molecular flexibility index (Phi) is 6.99. The van der Waals surface area contributed by atoms with Crippen LogP contribution in [0.2, 0.25) is 0 Å². The van der Waals surface area contributed by atoms with E-state index in [9.17, 15) is 9.50 Å². The van der Waals surface area contributed by atoms with Gasteiger partial charge in [0.1, 0.15) is 23.7 Å². The van der Waals surface area contributed by atoms with E-state index in [0.29, 0.717) is 30.5 Å². The fourth-order valence-corrected chi connectivity index (χ4v) is 5.64. The predicted molar refractivity (Wildman–Crippen MR) is 149 cm³/mol. The third-order valence-corrected chi connectivity index (χ3v) is 7.76. The van der Waals surface area contributed by atoms with E-state index in [1.54, 1.807) is 12.1 Å². The molecule has 5 N–H and O–H groups in total. The molecule has 0 spiro atoms. The summed E-state index contributed by atoms with van der Waals surface area (Å²) in [6.07, 6.45) is 6.39. The summed E-state index contributed by atoms with van der Waals surface area (Å²) in [7, 11) is 0. The molecule has 202 valence electrons. The smallest absolute Gasteiger partial charge is 0.164 e. The highest BCUT2D eigenvalue weighted by Crippen LogP contribution is 2.37. The maximum absolute atomic E-state index is 14.2. The van der Waals surface area contributed by atoms with Crippen molar-refractivity contribution in [1.29, 1.82) is 0 Å². The topological polar surface area (TPSA) is 127 Å². The first-order valence-corrected chi connectivity index (χ1v) is 13.4. The van der Waals surface area contributed by atoms with E-state index in [1.807, 2.05) is 39.7 Å². The second-order valence-electron chi connectivity index (χ2n) is 10.3. The zero-order chi connectivity index (χ0) is 26.9. The van der Waals surface area contributed by atoms with Gasteiger partial charge in [-0.2, -0.15) is 5.10 Å². The molecule has 0 aliphatic heterocycles. The van der Waals surface area contributed by atoms with Gasteiger partial charge in [-0.15, -0.1) is 0 Å². The van der Waals surface area contributed by atoms with Gasteiger partial charge >= 0.3 is 0 Å². The highest BCUT2D eigenvalue weighted by atomic mass is 19.1. The van der Waals surface area contributed by atoms with Crippen LogP contribution in [0.1, 0.15) is 37.3 Å². The molecule has 0 saturated heterocycles. The lowest BCUT2D eigenvalue weighted by Crippen LogP contribution is -2.39. The van der Waals surface area contributed by atoms with Gasteiger partial charge in [0.05, 0.1) is 30.7 Å². The highest BCUT2D eigenvalue weighted by molar-refractivity contribution is 6.00. The third kappa shape index (κ3) is 4.98. The molecule has 3 aromatic heterocycles. The summed E-state index contributed by atoms with van der Waals surface area (Å²) in [6, 6.07) is 15.5. The van der Waals surface area contributed by atoms with Crippen LogP contribution in [0.15, 0.2) is 61.1 Å². The number of halogens is 1. The number of fused-ring (bicyclic) bond motifs is 2. The SMILES string of the molecule is Nc1ncnc2c1c(-c1ccc3c(ccn3Cc3ccccc3F)c1)nn2C1CCC(NC[C@@H](O)CO)CC1. The molecule has 1 fully saturated rings. The van der Waals surface area contributed by atoms with Crippen molar-refractivity contribution in [3.8, 4) is 11.3 Å². The van der Waals surface area contributed by atoms with Crippen molar-refractivity contribution in [2.24, 2.45) is 0 Å². The van der Waals surface area contributed by atoms with Gasteiger partial charge in [0.2, 0.25) is 0 Å². The first-order valence-electron chi connectivity index (χ1n) is 13.4. The summed E-state index contributed by atoms with van der Waals surface area (Å²) >= 11 is 0. The van der Waals surface area contributed by atoms with Crippen LogP contribution in [-0.2, 0) is 6.54 Å². The Balaban J connectivity index is 1.29. The normalized spacial score (nSPS) is 18.6. The Labute approximate surface area is 225 Å². The molecule has 39 heavy (non-hydrogen) atoms. The van der Waals surface area contributed by atoms with E-state index in [0.717, 1.165) is 58.9 Å². The summed E-state index contributed by atoms with van der Waals surface area (Å²) in [5.41, 5.74) is 10.4.